The molecule has 0 fully saturated rings. The first-order valence-electron chi connectivity index (χ1n) is 6.89. The molecule has 0 saturated carbocycles. The summed E-state index contributed by atoms with van der Waals surface area (Å²) in [6, 6.07) is 15.9. The number of guanidine groups is 1. The summed E-state index contributed by atoms with van der Waals surface area (Å²) >= 11 is 0. The van der Waals surface area contributed by atoms with Crippen LogP contribution in [0.15, 0.2) is 53.5 Å². The lowest BCUT2D eigenvalue weighted by atomic mass is 10.1. The first-order chi connectivity index (χ1) is 10.7. The van der Waals surface area contributed by atoms with Crippen LogP contribution >= 0.6 is 0 Å². The molecule has 0 amide bonds. The fourth-order valence-electron chi connectivity index (χ4n) is 1.94. The average molecular weight is 296 g/mol. The molecule has 0 atom stereocenters. The van der Waals surface area contributed by atoms with E-state index < -0.39 is 0 Å². The van der Waals surface area contributed by atoms with Crippen molar-refractivity contribution in [2.75, 3.05) is 7.05 Å². The molecule has 5 heteroatoms. The smallest absolute Gasteiger partial charge is 0.191 e. The standard InChI is InChI=1S/C17H17FN4/c1-20-17(22-12-15-3-2-4-16(18)9-15)21-11-14-7-5-13(10-19)6-8-14/h2-9H,11-12H2,1H3,(H2,20,21,22). The number of nitrogens with zero attached hydrogens (tertiary/aromatic N) is 2. The van der Waals surface area contributed by atoms with E-state index in [0.29, 0.717) is 24.6 Å². The summed E-state index contributed by atoms with van der Waals surface area (Å²) in [7, 11) is 1.68. The van der Waals surface area contributed by atoms with Crippen LogP contribution in [-0.2, 0) is 13.1 Å². The summed E-state index contributed by atoms with van der Waals surface area (Å²) in [5.74, 6) is 0.383. The first-order valence-corrected chi connectivity index (χ1v) is 6.89. The van der Waals surface area contributed by atoms with Gasteiger partial charge in [0.05, 0.1) is 11.6 Å². The van der Waals surface area contributed by atoms with Gasteiger partial charge in [0, 0.05) is 20.1 Å². The molecule has 2 rings (SSSR count). The van der Waals surface area contributed by atoms with Gasteiger partial charge in [0.25, 0.3) is 0 Å². The van der Waals surface area contributed by atoms with Crippen LogP contribution in [0.3, 0.4) is 0 Å². The summed E-state index contributed by atoms with van der Waals surface area (Å²) in [4.78, 5) is 4.12. The van der Waals surface area contributed by atoms with Crippen molar-refractivity contribution in [1.29, 1.82) is 5.26 Å². The molecule has 0 aliphatic rings. The SMILES string of the molecule is CN=C(NCc1ccc(C#N)cc1)NCc1cccc(F)c1. The van der Waals surface area contributed by atoms with E-state index in [1.165, 1.54) is 12.1 Å². The van der Waals surface area contributed by atoms with Crippen molar-refractivity contribution < 1.29 is 4.39 Å². The van der Waals surface area contributed by atoms with Gasteiger partial charge in [0.2, 0.25) is 0 Å². The summed E-state index contributed by atoms with van der Waals surface area (Å²) in [6.07, 6.45) is 0. The second kappa shape index (κ2) is 7.79. The van der Waals surface area contributed by atoms with Crippen molar-refractivity contribution in [2.24, 2.45) is 4.99 Å². The van der Waals surface area contributed by atoms with Crippen LogP contribution in [0.5, 0.6) is 0 Å². The lowest BCUT2D eigenvalue weighted by Crippen LogP contribution is -2.36. The van der Waals surface area contributed by atoms with E-state index in [1.54, 1.807) is 25.2 Å². The fourth-order valence-corrected chi connectivity index (χ4v) is 1.94. The van der Waals surface area contributed by atoms with E-state index in [1.807, 2.05) is 18.2 Å². The molecule has 0 bridgehead atoms. The highest BCUT2D eigenvalue weighted by atomic mass is 19.1. The Balaban J connectivity index is 1.86. The van der Waals surface area contributed by atoms with Crippen LogP contribution in [0.1, 0.15) is 16.7 Å². The van der Waals surface area contributed by atoms with E-state index in [2.05, 4.69) is 21.7 Å². The minimum atomic E-state index is -0.250. The molecule has 112 valence electrons. The quantitative estimate of drug-likeness (QED) is 0.673. The molecule has 2 aromatic rings. The molecule has 0 saturated heterocycles. The minimum Gasteiger partial charge on any atom is -0.352 e. The molecule has 0 aliphatic carbocycles. The number of aliphatic imine (C=N–C) groups is 1. The Labute approximate surface area is 129 Å². The van der Waals surface area contributed by atoms with E-state index in [4.69, 9.17) is 5.26 Å². The van der Waals surface area contributed by atoms with Crippen molar-refractivity contribution in [2.45, 2.75) is 13.1 Å². The van der Waals surface area contributed by atoms with Crippen molar-refractivity contribution in [1.82, 2.24) is 10.6 Å². The van der Waals surface area contributed by atoms with Gasteiger partial charge in [-0.1, -0.05) is 24.3 Å². The number of hydrogen-bond donors (Lipinski definition) is 2. The number of halogens is 1. The zero-order valence-corrected chi connectivity index (χ0v) is 12.3. The first kappa shape index (κ1) is 15.5. The molecule has 0 radical (unpaired) electrons. The van der Waals surface area contributed by atoms with E-state index in [0.717, 1.165) is 11.1 Å². The summed E-state index contributed by atoms with van der Waals surface area (Å²) in [5, 5.41) is 15.1. The number of nitrogens with one attached hydrogen (secondary N) is 2. The molecule has 2 N–H and O–H groups in total. The van der Waals surface area contributed by atoms with Gasteiger partial charge in [-0.3, -0.25) is 4.99 Å². The van der Waals surface area contributed by atoms with Crippen molar-refractivity contribution >= 4 is 5.96 Å². The lowest BCUT2D eigenvalue weighted by molar-refractivity contribution is 0.624. The molecule has 0 aliphatic heterocycles. The largest absolute Gasteiger partial charge is 0.352 e. The molecule has 4 nitrogen and oxygen atoms in total. The van der Waals surface area contributed by atoms with Gasteiger partial charge >= 0.3 is 0 Å². The van der Waals surface area contributed by atoms with Crippen LogP contribution in [0.4, 0.5) is 4.39 Å². The third-order valence-corrected chi connectivity index (χ3v) is 3.12. The Morgan fingerprint density at radius 2 is 1.77 bits per heavy atom. The average Bonchev–Trinajstić information content (AvgIpc) is 2.55. The van der Waals surface area contributed by atoms with Crippen molar-refractivity contribution in [3.8, 4) is 6.07 Å². The van der Waals surface area contributed by atoms with Gasteiger partial charge in [-0.2, -0.15) is 5.26 Å². The van der Waals surface area contributed by atoms with Crippen LogP contribution in [-0.4, -0.2) is 13.0 Å². The molecular formula is C17H17FN4. The van der Waals surface area contributed by atoms with E-state index >= 15 is 0 Å². The van der Waals surface area contributed by atoms with E-state index in [9.17, 15) is 4.39 Å². The predicted molar refractivity (Wildman–Crippen MR) is 84.6 cm³/mol. The van der Waals surface area contributed by atoms with Gasteiger partial charge in [-0.05, 0) is 35.4 Å². The molecule has 2 aromatic carbocycles. The molecular weight excluding hydrogens is 279 g/mol. The fraction of sp³-hybridized carbons (Fsp3) is 0.176. The maximum absolute atomic E-state index is 13.1. The Kier molecular flexibility index (Phi) is 5.50. The topological polar surface area (TPSA) is 60.2 Å². The van der Waals surface area contributed by atoms with Gasteiger partial charge in [-0.25, -0.2) is 4.39 Å². The highest BCUT2D eigenvalue weighted by molar-refractivity contribution is 5.79. The third-order valence-electron chi connectivity index (χ3n) is 3.12. The number of rotatable bonds is 4. The zero-order chi connectivity index (χ0) is 15.8. The Morgan fingerprint density at radius 1 is 1.09 bits per heavy atom. The highest BCUT2D eigenvalue weighted by Gasteiger charge is 2.00. The Hall–Kier alpha value is -2.87. The Bertz CT molecular complexity index is 687. The second-order valence-corrected chi connectivity index (χ2v) is 4.72. The maximum Gasteiger partial charge on any atom is 0.191 e. The van der Waals surface area contributed by atoms with Gasteiger partial charge in [-0.15, -0.1) is 0 Å². The number of benzene rings is 2. The minimum absolute atomic E-state index is 0.250. The summed E-state index contributed by atoms with van der Waals surface area (Å²) in [5.41, 5.74) is 2.53. The van der Waals surface area contributed by atoms with Crippen molar-refractivity contribution in [3.05, 3.63) is 71.0 Å². The normalized spacial score (nSPS) is 10.9. The Morgan fingerprint density at radius 3 is 2.36 bits per heavy atom. The summed E-state index contributed by atoms with van der Waals surface area (Å²) in [6.45, 7) is 1.08. The lowest BCUT2D eigenvalue weighted by Gasteiger charge is -2.12. The highest BCUT2D eigenvalue weighted by Crippen LogP contribution is 2.04. The zero-order valence-electron chi connectivity index (χ0n) is 12.3. The number of hydrogen-bond acceptors (Lipinski definition) is 2. The van der Waals surface area contributed by atoms with Gasteiger partial charge < -0.3 is 10.6 Å². The van der Waals surface area contributed by atoms with Crippen LogP contribution in [0.25, 0.3) is 0 Å². The molecule has 22 heavy (non-hydrogen) atoms. The monoisotopic (exact) mass is 296 g/mol. The van der Waals surface area contributed by atoms with Crippen LogP contribution in [0.2, 0.25) is 0 Å². The predicted octanol–water partition coefficient (Wildman–Crippen LogP) is 2.56. The molecule has 0 heterocycles. The van der Waals surface area contributed by atoms with Crippen molar-refractivity contribution in [3.63, 3.8) is 0 Å². The molecule has 0 unspecified atom stereocenters. The van der Waals surface area contributed by atoms with Crippen LogP contribution in [0, 0.1) is 17.1 Å². The second-order valence-electron chi connectivity index (χ2n) is 4.72. The maximum atomic E-state index is 13.1. The van der Waals surface area contributed by atoms with Gasteiger partial charge in [0.15, 0.2) is 5.96 Å². The summed E-state index contributed by atoms with van der Waals surface area (Å²) < 4.78 is 13.1. The number of nitriles is 1. The van der Waals surface area contributed by atoms with Crippen LogP contribution < -0.4 is 10.6 Å². The molecule has 0 spiro atoms. The third kappa shape index (κ3) is 4.60. The van der Waals surface area contributed by atoms with Gasteiger partial charge in [0.1, 0.15) is 5.82 Å². The molecule has 0 aromatic heterocycles. The van der Waals surface area contributed by atoms with E-state index in [-0.39, 0.29) is 5.82 Å².